The van der Waals surface area contributed by atoms with E-state index in [1.54, 1.807) is 30.5 Å². The van der Waals surface area contributed by atoms with E-state index in [9.17, 15) is 4.79 Å². The largest absolute Gasteiger partial charge is 0.467 e. The second kappa shape index (κ2) is 12.8. The highest BCUT2D eigenvalue weighted by Gasteiger charge is 2.08. The number of hydrogen-bond donors (Lipinski definition) is 3. The molecule has 1 amide bonds. The van der Waals surface area contributed by atoms with Crippen LogP contribution in [-0.2, 0) is 11.3 Å². The summed E-state index contributed by atoms with van der Waals surface area (Å²) in [7, 11) is 0. The molecule has 0 atom stereocenters. The molecular weight excluding hydrogens is 380 g/mol. The van der Waals surface area contributed by atoms with Gasteiger partial charge in [-0.1, -0.05) is 23.7 Å². The monoisotopic (exact) mass is 406 g/mol. The van der Waals surface area contributed by atoms with Gasteiger partial charge in [0, 0.05) is 32.8 Å². The lowest BCUT2D eigenvalue weighted by Gasteiger charge is -2.12. The van der Waals surface area contributed by atoms with Crippen LogP contribution in [0.25, 0.3) is 0 Å². The second-order valence-electron chi connectivity index (χ2n) is 5.91. The first-order valence-corrected chi connectivity index (χ1v) is 9.73. The number of halogens is 1. The van der Waals surface area contributed by atoms with E-state index in [1.807, 2.05) is 19.1 Å². The average Bonchev–Trinajstić information content (AvgIpc) is 3.21. The van der Waals surface area contributed by atoms with E-state index < -0.39 is 0 Å². The molecule has 0 aliphatic carbocycles. The molecule has 0 aliphatic rings. The molecule has 0 saturated heterocycles. The normalized spacial score (nSPS) is 11.3. The van der Waals surface area contributed by atoms with Crippen LogP contribution in [-0.4, -0.2) is 44.7 Å². The van der Waals surface area contributed by atoms with Crippen LogP contribution in [0, 0.1) is 0 Å². The maximum atomic E-state index is 12.1. The summed E-state index contributed by atoms with van der Waals surface area (Å²) in [5.74, 6) is 1.33. The first-order chi connectivity index (χ1) is 13.7. The molecule has 2 aromatic rings. The van der Waals surface area contributed by atoms with Crippen molar-refractivity contribution in [2.24, 2.45) is 4.99 Å². The Morgan fingerprint density at radius 3 is 2.71 bits per heavy atom. The standard InChI is InChI=1S/C20H27ClN4O3/c1-2-22-20(24-10-6-13-27-15-16-7-5-14-28-16)25-12-11-23-19(26)17-8-3-4-9-18(17)21/h3-5,7-9,14H,2,6,10-13,15H2,1H3,(H,23,26)(H2,22,24,25). The minimum absolute atomic E-state index is 0.192. The molecule has 0 spiro atoms. The number of nitrogens with zero attached hydrogens (tertiary/aromatic N) is 1. The van der Waals surface area contributed by atoms with Gasteiger partial charge in [0.2, 0.25) is 0 Å². The van der Waals surface area contributed by atoms with Crippen LogP contribution < -0.4 is 16.0 Å². The van der Waals surface area contributed by atoms with Crippen LogP contribution in [0.1, 0.15) is 29.5 Å². The molecule has 28 heavy (non-hydrogen) atoms. The fourth-order valence-electron chi connectivity index (χ4n) is 2.36. The van der Waals surface area contributed by atoms with Crippen LogP contribution in [0.3, 0.4) is 0 Å². The molecule has 0 bridgehead atoms. The Kier molecular flexibility index (Phi) is 9.96. The van der Waals surface area contributed by atoms with Crippen molar-refractivity contribution >= 4 is 23.5 Å². The predicted octanol–water partition coefficient (Wildman–Crippen LogP) is 2.82. The van der Waals surface area contributed by atoms with Gasteiger partial charge < -0.3 is 25.1 Å². The summed E-state index contributed by atoms with van der Waals surface area (Å²) in [5, 5.41) is 9.64. The van der Waals surface area contributed by atoms with Crippen LogP contribution >= 0.6 is 11.6 Å². The molecule has 0 saturated carbocycles. The van der Waals surface area contributed by atoms with Crippen LogP contribution in [0.15, 0.2) is 52.1 Å². The van der Waals surface area contributed by atoms with Crippen LogP contribution in [0.2, 0.25) is 5.02 Å². The quantitative estimate of drug-likeness (QED) is 0.303. The number of nitrogens with one attached hydrogen (secondary N) is 3. The van der Waals surface area contributed by atoms with Gasteiger partial charge in [0.25, 0.3) is 5.91 Å². The van der Waals surface area contributed by atoms with Crippen molar-refractivity contribution in [2.75, 3.05) is 32.8 Å². The molecule has 3 N–H and O–H groups in total. The minimum atomic E-state index is -0.192. The lowest BCUT2D eigenvalue weighted by atomic mass is 10.2. The van der Waals surface area contributed by atoms with Gasteiger partial charge in [0.05, 0.1) is 16.8 Å². The highest BCUT2D eigenvalue weighted by atomic mass is 35.5. The number of carbonyl (C=O) groups excluding carboxylic acids is 1. The van der Waals surface area contributed by atoms with Crippen LogP contribution in [0.5, 0.6) is 0 Å². The first kappa shape index (κ1) is 21.8. The van der Waals surface area contributed by atoms with E-state index in [2.05, 4.69) is 20.9 Å². The maximum absolute atomic E-state index is 12.1. The van der Waals surface area contributed by atoms with E-state index in [4.69, 9.17) is 20.8 Å². The van der Waals surface area contributed by atoms with Crippen molar-refractivity contribution in [2.45, 2.75) is 20.0 Å². The Bertz CT molecular complexity index is 735. The summed E-state index contributed by atoms with van der Waals surface area (Å²) < 4.78 is 10.7. The Labute approximate surface area is 170 Å². The lowest BCUT2D eigenvalue weighted by Crippen LogP contribution is -2.41. The molecule has 1 aromatic carbocycles. The molecule has 152 valence electrons. The zero-order valence-electron chi connectivity index (χ0n) is 16.0. The fourth-order valence-corrected chi connectivity index (χ4v) is 2.59. The molecule has 0 unspecified atom stereocenters. The van der Waals surface area contributed by atoms with Gasteiger partial charge in [0.15, 0.2) is 5.96 Å². The van der Waals surface area contributed by atoms with Crippen molar-refractivity contribution < 1.29 is 13.9 Å². The van der Waals surface area contributed by atoms with Gasteiger partial charge in [-0.3, -0.25) is 9.79 Å². The number of hydrogen-bond acceptors (Lipinski definition) is 4. The van der Waals surface area contributed by atoms with E-state index in [-0.39, 0.29) is 5.91 Å². The SMILES string of the molecule is CCNC(=NCCCOCc1ccco1)NCCNC(=O)c1ccccc1Cl. The highest BCUT2D eigenvalue weighted by Crippen LogP contribution is 2.14. The molecule has 1 aromatic heterocycles. The smallest absolute Gasteiger partial charge is 0.252 e. The highest BCUT2D eigenvalue weighted by molar-refractivity contribution is 6.33. The third-order valence-electron chi connectivity index (χ3n) is 3.71. The summed E-state index contributed by atoms with van der Waals surface area (Å²) in [6.07, 6.45) is 2.44. The summed E-state index contributed by atoms with van der Waals surface area (Å²) in [6.45, 7) is 5.49. The molecule has 7 nitrogen and oxygen atoms in total. The van der Waals surface area contributed by atoms with Crippen molar-refractivity contribution in [3.63, 3.8) is 0 Å². The Morgan fingerprint density at radius 2 is 1.96 bits per heavy atom. The number of rotatable bonds is 11. The van der Waals surface area contributed by atoms with Gasteiger partial charge in [-0.25, -0.2) is 0 Å². The second-order valence-corrected chi connectivity index (χ2v) is 6.32. The fraction of sp³-hybridized carbons (Fsp3) is 0.400. The van der Waals surface area contributed by atoms with Gasteiger partial charge >= 0.3 is 0 Å². The summed E-state index contributed by atoms with van der Waals surface area (Å²) in [6, 6.07) is 10.7. The van der Waals surface area contributed by atoms with Crippen molar-refractivity contribution in [1.82, 2.24) is 16.0 Å². The number of ether oxygens (including phenoxy) is 1. The van der Waals surface area contributed by atoms with E-state index >= 15 is 0 Å². The average molecular weight is 407 g/mol. The number of amides is 1. The number of carbonyl (C=O) groups is 1. The van der Waals surface area contributed by atoms with Crippen molar-refractivity contribution in [3.8, 4) is 0 Å². The molecule has 8 heteroatoms. The number of aliphatic imine (C=N–C) groups is 1. The lowest BCUT2D eigenvalue weighted by molar-refractivity contribution is 0.0954. The van der Waals surface area contributed by atoms with Crippen molar-refractivity contribution in [3.05, 3.63) is 59.0 Å². The van der Waals surface area contributed by atoms with E-state index in [1.165, 1.54) is 0 Å². The van der Waals surface area contributed by atoms with Gasteiger partial charge in [-0.05, 0) is 37.6 Å². The third kappa shape index (κ3) is 8.02. The molecule has 2 rings (SSSR count). The predicted molar refractivity (Wildman–Crippen MR) is 111 cm³/mol. The topological polar surface area (TPSA) is 87.9 Å². The maximum Gasteiger partial charge on any atom is 0.252 e. The van der Waals surface area contributed by atoms with Gasteiger partial charge in [0.1, 0.15) is 12.4 Å². The van der Waals surface area contributed by atoms with E-state index in [0.717, 1.165) is 18.7 Å². The summed E-state index contributed by atoms with van der Waals surface area (Å²) >= 11 is 6.02. The van der Waals surface area contributed by atoms with Gasteiger partial charge in [-0.15, -0.1) is 0 Å². The third-order valence-corrected chi connectivity index (χ3v) is 4.04. The van der Waals surface area contributed by atoms with E-state index in [0.29, 0.717) is 49.4 Å². The zero-order valence-corrected chi connectivity index (χ0v) is 16.8. The molecule has 0 aliphatic heterocycles. The number of benzene rings is 1. The molecule has 0 radical (unpaired) electrons. The first-order valence-electron chi connectivity index (χ1n) is 9.35. The number of furan rings is 1. The zero-order chi connectivity index (χ0) is 20.0. The summed E-state index contributed by atoms with van der Waals surface area (Å²) in [5.41, 5.74) is 0.472. The molecule has 1 heterocycles. The van der Waals surface area contributed by atoms with Crippen molar-refractivity contribution in [1.29, 1.82) is 0 Å². The van der Waals surface area contributed by atoms with Crippen LogP contribution in [0.4, 0.5) is 0 Å². The Balaban J connectivity index is 1.62. The molecular formula is C20H27ClN4O3. The Hall–Kier alpha value is -2.51. The molecule has 0 fully saturated rings. The minimum Gasteiger partial charge on any atom is -0.467 e. The summed E-state index contributed by atoms with van der Waals surface area (Å²) in [4.78, 5) is 16.6. The van der Waals surface area contributed by atoms with Gasteiger partial charge in [-0.2, -0.15) is 0 Å². The Morgan fingerprint density at radius 1 is 1.14 bits per heavy atom. The number of guanidine groups is 1.